The molecular weight excluding hydrogens is 226 g/mol. The Morgan fingerprint density at radius 1 is 1.22 bits per heavy atom. The Morgan fingerprint density at radius 3 is 2.39 bits per heavy atom. The maximum absolute atomic E-state index is 12.5. The van der Waals surface area contributed by atoms with E-state index >= 15 is 0 Å². The normalized spacial score (nSPS) is 10.4. The molecule has 18 heavy (non-hydrogen) atoms. The second-order valence-electron chi connectivity index (χ2n) is 4.21. The van der Waals surface area contributed by atoms with Crippen molar-refractivity contribution in [3.63, 3.8) is 0 Å². The van der Waals surface area contributed by atoms with Gasteiger partial charge in [-0.25, -0.2) is 0 Å². The zero-order valence-electron chi connectivity index (χ0n) is 10.9. The van der Waals surface area contributed by atoms with Crippen LogP contribution in [0.15, 0.2) is 40.8 Å². The smallest absolute Gasteiger partial charge is 0.261 e. The van der Waals surface area contributed by atoms with E-state index in [-0.39, 0.29) is 5.91 Å². The minimum absolute atomic E-state index is 0.0157. The lowest BCUT2D eigenvalue weighted by atomic mass is 10.2. The summed E-state index contributed by atoms with van der Waals surface area (Å²) < 4.78 is 5.42. The summed E-state index contributed by atoms with van der Waals surface area (Å²) in [6.07, 6.45) is 0. The minimum Gasteiger partial charge on any atom is -0.466 e. The Bertz CT molecular complexity index is 543. The van der Waals surface area contributed by atoms with Crippen LogP contribution in [0.2, 0.25) is 0 Å². The number of anilines is 1. The van der Waals surface area contributed by atoms with E-state index in [0.717, 1.165) is 11.4 Å². The van der Waals surface area contributed by atoms with Crippen molar-refractivity contribution in [3.05, 3.63) is 53.5 Å². The molecule has 2 rings (SSSR count). The quantitative estimate of drug-likeness (QED) is 0.825. The Kier molecular flexibility index (Phi) is 3.51. The fourth-order valence-corrected chi connectivity index (χ4v) is 2.04. The van der Waals surface area contributed by atoms with Crippen LogP contribution in [-0.2, 0) is 0 Å². The van der Waals surface area contributed by atoms with Gasteiger partial charge in [0.15, 0.2) is 0 Å². The number of amides is 1. The molecular formula is C15H17NO2. The van der Waals surface area contributed by atoms with Crippen molar-refractivity contribution in [1.29, 1.82) is 0 Å². The molecule has 1 aromatic heterocycles. The molecule has 0 unspecified atom stereocenters. The lowest BCUT2D eigenvalue weighted by Crippen LogP contribution is -2.30. The van der Waals surface area contributed by atoms with E-state index in [2.05, 4.69) is 0 Å². The van der Waals surface area contributed by atoms with Gasteiger partial charge in [-0.05, 0) is 39.0 Å². The Hall–Kier alpha value is -2.03. The van der Waals surface area contributed by atoms with Gasteiger partial charge < -0.3 is 9.32 Å². The molecule has 1 heterocycles. The standard InChI is InChI=1S/C15H17NO2/c1-4-16(13-8-6-5-7-9-13)15(17)14-10-11(2)18-12(14)3/h5-10H,4H2,1-3H3. The zero-order valence-corrected chi connectivity index (χ0v) is 10.9. The average molecular weight is 243 g/mol. The largest absolute Gasteiger partial charge is 0.466 e. The van der Waals surface area contributed by atoms with Crippen molar-refractivity contribution in [1.82, 2.24) is 0 Å². The first kappa shape index (κ1) is 12.4. The Balaban J connectivity index is 2.34. The fraction of sp³-hybridized carbons (Fsp3) is 0.267. The highest BCUT2D eigenvalue weighted by Gasteiger charge is 2.20. The third-order valence-electron chi connectivity index (χ3n) is 2.90. The third kappa shape index (κ3) is 2.30. The number of aryl methyl sites for hydroxylation is 2. The molecule has 1 amide bonds. The number of hydrogen-bond acceptors (Lipinski definition) is 2. The van der Waals surface area contributed by atoms with Crippen LogP contribution in [0.5, 0.6) is 0 Å². The number of nitrogens with zero attached hydrogens (tertiary/aromatic N) is 1. The number of rotatable bonds is 3. The summed E-state index contributed by atoms with van der Waals surface area (Å²) in [7, 11) is 0. The highest BCUT2D eigenvalue weighted by atomic mass is 16.3. The first-order chi connectivity index (χ1) is 8.63. The molecule has 0 saturated carbocycles. The molecule has 0 bridgehead atoms. The summed E-state index contributed by atoms with van der Waals surface area (Å²) in [4.78, 5) is 14.2. The molecule has 0 fully saturated rings. The van der Waals surface area contributed by atoms with Crippen LogP contribution in [0, 0.1) is 13.8 Å². The molecule has 0 saturated heterocycles. The second kappa shape index (κ2) is 5.08. The number of hydrogen-bond donors (Lipinski definition) is 0. The van der Waals surface area contributed by atoms with Gasteiger partial charge >= 0.3 is 0 Å². The van der Waals surface area contributed by atoms with Crippen LogP contribution in [0.3, 0.4) is 0 Å². The molecule has 0 aliphatic carbocycles. The van der Waals surface area contributed by atoms with Crippen LogP contribution in [0.25, 0.3) is 0 Å². The molecule has 1 aromatic carbocycles. The van der Waals surface area contributed by atoms with Gasteiger partial charge in [-0.3, -0.25) is 4.79 Å². The van der Waals surface area contributed by atoms with Gasteiger partial charge in [-0.1, -0.05) is 18.2 Å². The third-order valence-corrected chi connectivity index (χ3v) is 2.90. The van der Waals surface area contributed by atoms with Crippen molar-refractivity contribution in [2.75, 3.05) is 11.4 Å². The fourth-order valence-electron chi connectivity index (χ4n) is 2.04. The number of carbonyl (C=O) groups excluding carboxylic acids is 1. The summed E-state index contributed by atoms with van der Waals surface area (Å²) >= 11 is 0. The highest BCUT2D eigenvalue weighted by molar-refractivity contribution is 6.06. The van der Waals surface area contributed by atoms with Crippen molar-refractivity contribution >= 4 is 11.6 Å². The van der Waals surface area contributed by atoms with E-state index in [1.165, 1.54) is 0 Å². The molecule has 2 aromatic rings. The van der Waals surface area contributed by atoms with Crippen molar-refractivity contribution < 1.29 is 9.21 Å². The topological polar surface area (TPSA) is 33.5 Å². The summed E-state index contributed by atoms with van der Waals surface area (Å²) in [5, 5.41) is 0. The number of carbonyl (C=O) groups is 1. The maximum Gasteiger partial charge on any atom is 0.261 e. The number of furan rings is 1. The predicted molar refractivity (Wildman–Crippen MR) is 72.0 cm³/mol. The monoisotopic (exact) mass is 243 g/mol. The molecule has 0 spiro atoms. The molecule has 94 valence electrons. The maximum atomic E-state index is 12.5. The van der Waals surface area contributed by atoms with Gasteiger partial charge in [0.1, 0.15) is 11.5 Å². The number of para-hydroxylation sites is 1. The first-order valence-corrected chi connectivity index (χ1v) is 6.07. The van der Waals surface area contributed by atoms with Crippen molar-refractivity contribution in [3.8, 4) is 0 Å². The molecule has 0 radical (unpaired) electrons. The SMILES string of the molecule is CCN(C(=O)c1cc(C)oc1C)c1ccccc1. The van der Waals surface area contributed by atoms with Crippen molar-refractivity contribution in [2.45, 2.75) is 20.8 Å². The van der Waals surface area contributed by atoms with Crippen LogP contribution in [0.1, 0.15) is 28.8 Å². The van der Waals surface area contributed by atoms with E-state index < -0.39 is 0 Å². The van der Waals surface area contributed by atoms with E-state index in [4.69, 9.17) is 4.42 Å². The average Bonchev–Trinajstić information content (AvgIpc) is 2.70. The lowest BCUT2D eigenvalue weighted by Gasteiger charge is -2.20. The van der Waals surface area contributed by atoms with E-state index in [0.29, 0.717) is 17.9 Å². The van der Waals surface area contributed by atoms with Crippen LogP contribution in [0.4, 0.5) is 5.69 Å². The van der Waals surface area contributed by atoms with E-state index in [1.54, 1.807) is 11.0 Å². The minimum atomic E-state index is -0.0157. The summed E-state index contributed by atoms with van der Waals surface area (Å²) in [5.74, 6) is 1.42. The Morgan fingerprint density at radius 2 is 1.89 bits per heavy atom. The summed E-state index contributed by atoms with van der Waals surface area (Å²) in [6.45, 7) is 6.27. The van der Waals surface area contributed by atoms with Crippen molar-refractivity contribution in [2.24, 2.45) is 0 Å². The van der Waals surface area contributed by atoms with Crippen LogP contribution in [-0.4, -0.2) is 12.5 Å². The zero-order chi connectivity index (χ0) is 13.1. The van der Waals surface area contributed by atoms with Gasteiger partial charge in [0.2, 0.25) is 0 Å². The molecule has 0 N–H and O–H groups in total. The Labute approximate surface area is 107 Å². The predicted octanol–water partition coefficient (Wildman–Crippen LogP) is 3.56. The van der Waals surface area contributed by atoms with Gasteiger partial charge in [-0.2, -0.15) is 0 Å². The molecule has 3 heteroatoms. The molecule has 0 aliphatic rings. The van der Waals surface area contributed by atoms with Crippen LogP contribution >= 0.6 is 0 Å². The molecule has 0 atom stereocenters. The first-order valence-electron chi connectivity index (χ1n) is 6.07. The van der Waals surface area contributed by atoms with E-state index in [1.807, 2.05) is 51.1 Å². The summed E-state index contributed by atoms with van der Waals surface area (Å²) in [5.41, 5.74) is 1.54. The van der Waals surface area contributed by atoms with E-state index in [9.17, 15) is 4.79 Å². The van der Waals surface area contributed by atoms with Gasteiger partial charge in [0.25, 0.3) is 5.91 Å². The molecule has 3 nitrogen and oxygen atoms in total. The summed E-state index contributed by atoms with van der Waals surface area (Å²) in [6, 6.07) is 11.5. The highest BCUT2D eigenvalue weighted by Crippen LogP contribution is 2.20. The van der Waals surface area contributed by atoms with Crippen LogP contribution < -0.4 is 4.90 Å². The lowest BCUT2D eigenvalue weighted by molar-refractivity contribution is 0.0987. The van der Waals surface area contributed by atoms with Gasteiger partial charge in [0, 0.05) is 12.2 Å². The van der Waals surface area contributed by atoms with Gasteiger partial charge in [0.05, 0.1) is 5.56 Å². The number of benzene rings is 1. The molecule has 0 aliphatic heterocycles. The van der Waals surface area contributed by atoms with Gasteiger partial charge in [-0.15, -0.1) is 0 Å². The second-order valence-corrected chi connectivity index (χ2v) is 4.21.